The van der Waals surface area contributed by atoms with Crippen LogP contribution in [0, 0.1) is 15.9 Å². The minimum Gasteiger partial charge on any atom is -0.268 e. The van der Waals surface area contributed by atoms with Gasteiger partial charge in [0.05, 0.1) is 16.2 Å². The fourth-order valence-electron chi connectivity index (χ4n) is 2.27. The summed E-state index contributed by atoms with van der Waals surface area (Å²) in [7, 11) is 0. The lowest BCUT2D eigenvalue weighted by atomic mass is 10.1. The second-order valence-corrected chi connectivity index (χ2v) is 4.38. The number of carbonyl (C=O) groups excluding carboxylic acids is 2. The lowest BCUT2D eigenvalue weighted by molar-refractivity contribution is -0.385. The van der Waals surface area contributed by atoms with Crippen LogP contribution in [0.1, 0.15) is 20.7 Å². The first-order valence-electron chi connectivity index (χ1n) is 5.92. The van der Waals surface area contributed by atoms with E-state index in [2.05, 4.69) is 0 Å². The van der Waals surface area contributed by atoms with Gasteiger partial charge in [-0.3, -0.25) is 19.7 Å². The number of nitrogens with zero attached hydrogens (tertiary/aromatic N) is 2. The topological polar surface area (TPSA) is 80.5 Å². The number of nitro groups is 1. The summed E-state index contributed by atoms with van der Waals surface area (Å²) in [6.45, 7) is 0. The summed E-state index contributed by atoms with van der Waals surface area (Å²) < 4.78 is 13.3. The molecule has 6 nitrogen and oxygen atoms in total. The van der Waals surface area contributed by atoms with Gasteiger partial charge in [-0.05, 0) is 24.3 Å². The summed E-state index contributed by atoms with van der Waals surface area (Å²) >= 11 is 0. The van der Waals surface area contributed by atoms with Crippen molar-refractivity contribution in [3.63, 3.8) is 0 Å². The van der Waals surface area contributed by atoms with Crippen LogP contribution in [0.2, 0.25) is 0 Å². The van der Waals surface area contributed by atoms with E-state index < -0.39 is 28.2 Å². The number of halogens is 1. The van der Waals surface area contributed by atoms with E-state index in [0.29, 0.717) is 0 Å². The van der Waals surface area contributed by atoms with Gasteiger partial charge in [-0.1, -0.05) is 12.1 Å². The van der Waals surface area contributed by atoms with Crippen LogP contribution in [0.15, 0.2) is 42.5 Å². The Morgan fingerprint density at radius 1 is 1.05 bits per heavy atom. The Bertz CT molecular complexity index is 803. The van der Waals surface area contributed by atoms with E-state index in [1.54, 1.807) is 0 Å². The maximum absolute atomic E-state index is 13.3. The predicted molar refractivity (Wildman–Crippen MR) is 70.6 cm³/mol. The molecule has 2 aromatic carbocycles. The number of amides is 2. The Kier molecular flexibility index (Phi) is 2.76. The first-order valence-corrected chi connectivity index (χ1v) is 5.92. The average molecular weight is 286 g/mol. The third-order valence-electron chi connectivity index (χ3n) is 3.16. The van der Waals surface area contributed by atoms with Crippen molar-refractivity contribution in [2.24, 2.45) is 0 Å². The van der Waals surface area contributed by atoms with E-state index in [0.717, 1.165) is 17.0 Å². The van der Waals surface area contributed by atoms with Crippen molar-refractivity contribution in [3.8, 4) is 0 Å². The summed E-state index contributed by atoms with van der Waals surface area (Å²) in [5.74, 6) is -2.14. The van der Waals surface area contributed by atoms with Gasteiger partial charge in [0.2, 0.25) is 0 Å². The van der Waals surface area contributed by atoms with Crippen LogP contribution in [-0.4, -0.2) is 16.7 Å². The van der Waals surface area contributed by atoms with E-state index in [4.69, 9.17) is 0 Å². The fraction of sp³-hybridized carbons (Fsp3) is 0. The fourth-order valence-corrected chi connectivity index (χ4v) is 2.27. The smallest absolute Gasteiger partial charge is 0.268 e. The molecule has 0 aliphatic carbocycles. The SMILES string of the molecule is O=C1c2cccc([N+](=O)[O-])c2C(=O)N1c1cccc(F)c1. The van der Waals surface area contributed by atoms with Crippen molar-refractivity contribution in [3.05, 3.63) is 69.5 Å². The van der Waals surface area contributed by atoms with Gasteiger partial charge in [-0.25, -0.2) is 9.29 Å². The standard InChI is InChI=1S/C14H7FN2O4/c15-8-3-1-4-9(7-8)16-13(18)10-5-2-6-11(17(20)21)12(10)14(16)19/h1-7H. The molecule has 0 atom stereocenters. The molecule has 0 radical (unpaired) electrons. The summed E-state index contributed by atoms with van der Waals surface area (Å²) in [4.78, 5) is 35.6. The lowest BCUT2D eigenvalue weighted by Gasteiger charge is -2.13. The molecule has 0 spiro atoms. The average Bonchev–Trinajstić information content (AvgIpc) is 2.71. The van der Waals surface area contributed by atoms with Crippen LogP contribution in [0.4, 0.5) is 15.8 Å². The first kappa shape index (κ1) is 12.9. The van der Waals surface area contributed by atoms with Crippen molar-refractivity contribution < 1.29 is 18.9 Å². The Labute approximate surface area is 117 Å². The number of anilines is 1. The van der Waals surface area contributed by atoms with Crippen molar-refractivity contribution in [1.29, 1.82) is 0 Å². The van der Waals surface area contributed by atoms with E-state index >= 15 is 0 Å². The molecule has 0 unspecified atom stereocenters. The lowest BCUT2D eigenvalue weighted by Crippen LogP contribution is -2.29. The van der Waals surface area contributed by atoms with Gasteiger partial charge >= 0.3 is 0 Å². The van der Waals surface area contributed by atoms with E-state index in [-0.39, 0.29) is 16.8 Å². The molecule has 0 aromatic heterocycles. The molecule has 1 aliphatic rings. The Morgan fingerprint density at radius 2 is 1.76 bits per heavy atom. The van der Waals surface area contributed by atoms with Gasteiger partial charge in [-0.15, -0.1) is 0 Å². The third-order valence-corrected chi connectivity index (χ3v) is 3.16. The number of carbonyl (C=O) groups is 2. The molecule has 2 aromatic rings. The number of fused-ring (bicyclic) bond motifs is 1. The second kappa shape index (κ2) is 4.48. The molecular weight excluding hydrogens is 279 g/mol. The van der Waals surface area contributed by atoms with E-state index in [9.17, 15) is 24.1 Å². The van der Waals surface area contributed by atoms with Crippen LogP contribution in [0.25, 0.3) is 0 Å². The molecule has 21 heavy (non-hydrogen) atoms. The highest BCUT2D eigenvalue weighted by molar-refractivity contribution is 6.35. The molecule has 0 saturated carbocycles. The molecule has 0 bridgehead atoms. The number of hydrogen-bond acceptors (Lipinski definition) is 4. The third kappa shape index (κ3) is 1.86. The highest BCUT2D eigenvalue weighted by atomic mass is 19.1. The van der Waals surface area contributed by atoms with Gasteiger partial charge in [0, 0.05) is 6.07 Å². The van der Waals surface area contributed by atoms with Crippen LogP contribution in [0.3, 0.4) is 0 Å². The molecule has 3 rings (SSSR count). The molecule has 0 fully saturated rings. The highest BCUT2D eigenvalue weighted by Gasteiger charge is 2.41. The minimum atomic E-state index is -0.826. The number of rotatable bonds is 2. The van der Waals surface area contributed by atoms with Gasteiger partial charge < -0.3 is 0 Å². The molecule has 7 heteroatoms. The summed E-state index contributed by atoms with van der Waals surface area (Å²) in [5.41, 5.74) is -0.726. The monoisotopic (exact) mass is 286 g/mol. The molecule has 1 aliphatic heterocycles. The molecule has 0 N–H and O–H groups in total. The van der Waals surface area contributed by atoms with E-state index in [1.165, 1.54) is 30.3 Å². The normalized spacial score (nSPS) is 13.5. The Morgan fingerprint density at radius 3 is 2.43 bits per heavy atom. The van der Waals surface area contributed by atoms with Crippen molar-refractivity contribution in [1.82, 2.24) is 0 Å². The predicted octanol–water partition coefficient (Wildman–Crippen LogP) is 2.53. The second-order valence-electron chi connectivity index (χ2n) is 4.38. The number of nitro benzene ring substituents is 1. The van der Waals surface area contributed by atoms with Crippen molar-refractivity contribution in [2.75, 3.05) is 4.90 Å². The number of benzene rings is 2. The van der Waals surface area contributed by atoms with Gasteiger partial charge in [0.1, 0.15) is 11.4 Å². The molecule has 1 heterocycles. The van der Waals surface area contributed by atoms with Crippen LogP contribution in [-0.2, 0) is 0 Å². The van der Waals surface area contributed by atoms with Crippen molar-refractivity contribution in [2.45, 2.75) is 0 Å². The molecular formula is C14H7FN2O4. The molecule has 104 valence electrons. The molecule has 0 saturated heterocycles. The first-order chi connectivity index (χ1) is 10.0. The van der Waals surface area contributed by atoms with Gasteiger partial charge in [0.15, 0.2) is 0 Å². The minimum absolute atomic E-state index is 0.0375. The van der Waals surface area contributed by atoms with Gasteiger partial charge in [0.25, 0.3) is 17.5 Å². The van der Waals surface area contributed by atoms with Crippen molar-refractivity contribution >= 4 is 23.2 Å². The number of imide groups is 1. The van der Waals surface area contributed by atoms with Crippen LogP contribution >= 0.6 is 0 Å². The van der Waals surface area contributed by atoms with Gasteiger partial charge in [-0.2, -0.15) is 0 Å². The summed E-state index contributed by atoms with van der Waals surface area (Å²) in [5, 5.41) is 11.0. The highest BCUT2D eigenvalue weighted by Crippen LogP contribution is 2.33. The quantitative estimate of drug-likeness (QED) is 0.482. The van der Waals surface area contributed by atoms with E-state index in [1.807, 2.05) is 0 Å². The summed E-state index contributed by atoms with van der Waals surface area (Å²) in [6.07, 6.45) is 0. The largest absolute Gasteiger partial charge is 0.283 e. The van der Waals surface area contributed by atoms with Crippen LogP contribution < -0.4 is 4.90 Å². The Balaban J connectivity index is 2.18. The van der Waals surface area contributed by atoms with Crippen LogP contribution in [0.5, 0.6) is 0 Å². The zero-order chi connectivity index (χ0) is 15.1. The maximum atomic E-state index is 13.3. The summed E-state index contributed by atoms with van der Waals surface area (Å²) in [6, 6.07) is 8.75. The maximum Gasteiger partial charge on any atom is 0.283 e. The number of hydrogen-bond donors (Lipinski definition) is 0. The Hall–Kier alpha value is -3.09. The zero-order valence-electron chi connectivity index (χ0n) is 10.4. The zero-order valence-corrected chi connectivity index (χ0v) is 10.4. The molecule has 2 amide bonds.